The molecular formula is C11H5Cl3N2. The summed E-state index contributed by atoms with van der Waals surface area (Å²) in [5, 5.41) is 1.44. The monoisotopic (exact) mass is 270 g/mol. The molecule has 0 amide bonds. The van der Waals surface area contributed by atoms with Gasteiger partial charge in [0, 0.05) is 6.20 Å². The van der Waals surface area contributed by atoms with Crippen molar-refractivity contribution in [3.05, 3.63) is 45.7 Å². The number of rotatable bonds is 0. The molecule has 0 saturated heterocycles. The molecule has 0 spiro atoms. The SMILES string of the molecule is Clc1cc2nc(Cl)c3cccn3c2cc1Cl. The summed E-state index contributed by atoms with van der Waals surface area (Å²) < 4.78 is 1.94. The van der Waals surface area contributed by atoms with Crippen molar-refractivity contribution >= 4 is 51.4 Å². The molecule has 0 aliphatic carbocycles. The summed E-state index contributed by atoms with van der Waals surface area (Å²) in [4.78, 5) is 4.28. The van der Waals surface area contributed by atoms with E-state index in [9.17, 15) is 0 Å². The minimum Gasteiger partial charge on any atom is -0.312 e. The molecule has 2 nitrogen and oxygen atoms in total. The lowest BCUT2D eigenvalue weighted by Crippen LogP contribution is -1.91. The maximum atomic E-state index is 6.06. The summed E-state index contributed by atoms with van der Waals surface area (Å²) in [6, 6.07) is 7.31. The second kappa shape index (κ2) is 3.52. The zero-order valence-electron chi connectivity index (χ0n) is 7.92. The first-order valence-corrected chi connectivity index (χ1v) is 5.71. The first-order chi connectivity index (χ1) is 7.66. The first-order valence-electron chi connectivity index (χ1n) is 4.58. The van der Waals surface area contributed by atoms with Crippen molar-refractivity contribution in [3.8, 4) is 0 Å². The van der Waals surface area contributed by atoms with E-state index < -0.39 is 0 Å². The van der Waals surface area contributed by atoms with Crippen molar-refractivity contribution in [1.82, 2.24) is 9.38 Å². The Balaban J connectivity index is 2.59. The predicted molar refractivity (Wildman–Crippen MR) is 67.7 cm³/mol. The van der Waals surface area contributed by atoms with Crippen LogP contribution in [0, 0.1) is 0 Å². The normalized spacial score (nSPS) is 11.4. The third-order valence-electron chi connectivity index (χ3n) is 2.46. The fourth-order valence-electron chi connectivity index (χ4n) is 1.73. The molecule has 0 bridgehead atoms. The van der Waals surface area contributed by atoms with Gasteiger partial charge in [-0.1, -0.05) is 34.8 Å². The standard InChI is InChI=1S/C11H5Cl3N2/c12-6-4-8-10(5-7(6)13)16-3-1-2-9(16)11(14)15-8/h1-5H. The first kappa shape index (κ1) is 10.2. The van der Waals surface area contributed by atoms with Gasteiger partial charge in [0.1, 0.15) is 0 Å². The van der Waals surface area contributed by atoms with E-state index in [1.807, 2.05) is 22.7 Å². The van der Waals surface area contributed by atoms with Gasteiger partial charge >= 0.3 is 0 Å². The summed E-state index contributed by atoms with van der Waals surface area (Å²) in [6.45, 7) is 0. The number of aromatic nitrogens is 2. The lowest BCUT2D eigenvalue weighted by atomic mass is 10.3. The van der Waals surface area contributed by atoms with Crippen molar-refractivity contribution in [3.63, 3.8) is 0 Å². The van der Waals surface area contributed by atoms with E-state index in [0.717, 1.165) is 16.6 Å². The van der Waals surface area contributed by atoms with E-state index in [-0.39, 0.29) is 0 Å². The highest BCUT2D eigenvalue weighted by molar-refractivity contribution is 6.42. The van der Waals surface area contributed by atoms with Crippen molar-refractivity contribution in [1.29, 1.82) is 0 Å². The van der Waals surface area contributed by atoms with Crippen molar-refractivity contribution in [2.75, 3.05) is 0 Å². The average molecular weight is 272 g/mol. The number of benzene rings is 1. The fraction of sp³-hybridized carbons (Fsp3) is 0. The van der Waals surface area contributed by atoms with Crippen LogP contribution in [0.5, 0.6) is 0 Å². The topological polar surface area (TPSA) is 17.3 Å². The van der Waals surface area contributed by atoms with Gasteiger partial charge in [-0.05, 0) is 24.3 Å². The summed E-state index contributed by atoms with van der Waals surface area (Å²) in [7, 11) is 0. The number of hydrogen-bond donors (Lipinski definition) is 0. The van der Waals surface area contributed by atoms with E-state index in [4.69, 9.17) is 34.8 Å². The third kappa shape index (κ3) is 1.38. The van der Waals surface area contributed by atoms with Gasteiger partial charge in [0.2, 0.25) is 0 Å². The third-order valence-corrected chi connectivity index (χ3v) is 3.46. The molecule has 3 rings (SSSR count). The minimum atomic E-state index is 0.455. The molecule has 0 unspecified atom stereocenters. The molecule has 2 heterocycles. The Kier molecular flexibility index (Phi) is 2.25. The molecule has 0 aliphatic heterocycles. The number of nitrogens with zero attached hydrogens (tertiary/aromatic N) is 2. The Morgan fingerprint density at radius 2 is 1.75 bits per heavy atom. The summed E-state index contributed by atoms with van der Waals surface area (Å²) in [5.41, 5.74) is 2.47. The second-order valence-corrected chi connectivity index (χ2v) is 4.59. The molecule has 16 heavy (non-hydrogen) atoms. The Labute approximate surface area is 106 Å². The van der Waals surface area contributed by atoms with Gasteiger partial charge in [0.05, 0.1) is 26.6 Å². The lowest BCUT2D eigenvalue weighted by Gasteiger charge is -2.05. The van der Waals surface area contributed by atoms with Gasteiger partial charge in [-0.15, -0.1) is 0 Å². The Morgan fingerprint density at radius 1 is 1.00 bits per heavy atom. The Morgan fingerprint density at radius 3 is 2.56 bits per heavy atom. The van der Waals surface area contributed by atoms with Crippen molar-refractivity contribution in [2.45, 2.75) is 0 Å². The highest BCUT2D eigenvalue weighted by Crippen LogP contribution is 2.29. The average Bonchev–Trinajstić information content (AvgIpc) is 2.71. The molecule has 5 heteroatoms. The van der Waals surface area contributed by atoms with Crippen LogP contribution >= 0.6 is 34.8 Å². The highest BCUT2D eigenvalue weighted by Gasteiger charge is 2.08. The zero-order chi connectivity index (χ0) is 11.3. The van der Waals surface area contributed by atoms with Crippen LogP contribution in [0.1, 0.15) is 0 Å². The molecule has 0 aliphatic rings. The minimum absolute atomic E-state index is 0.455. The van der Waals surface area contributed by atoms with Gasteiger partial charge in [-0.25, -0.2) is 4.98 Å². The van der Waals surface area contributed by atoms with E-state index in [2.05, 4.69) is 4.98 Å². The van der Waals surface area contributed by atoms with E-state index in [1.165, 1.54) is 0 Å². The van der Waals surface area contributed by atoms with E-state index in [0.29, 0.717) is 15.2 Å². The largest absolute Gasteiger partial charge is 0.312 e. The summed E-state index contributed by atoms with van der Waals surface area (Å²) in [5.74, 6) is 0. The van der Waals surface area contributed by atoms with E-state index >= 15 is 0 Å². The quantitative estimate of drug-likeness (QED) is 0.590. The Bertz CT molecular complexity index is 703. The molecule has 0 atom stereocenters. The molecular weight excluding hydrogens is 266 g/mol. The number of hydrogen-bond acceptors (Lipinski definition) is 1. The fourth-order valence-corrected chi connectivity index (χ4v) is 2.29. The predicted octanol–water partition coefficient (Wildman–Crippen LogP) is 4.45. The Hall–Kier alpha value is -0.960. The molecule has 0 N–H and O–H groups in total. The van der Waals surface area contributed by atoms with Crippen LogP contribution in [0.4, 0.5) is 0 Å². The van der Waals surface area contributed by atoms with Gasteiger partial charge in [0.15, 0.2) is 5.15 Å². The lowest BCUT2D eigenvalue weighted by molar-refractivity contribution is 1.23. The number of fused-ring (bicyclic) bond motifs is 3. The summed E-state index contributed by atoms with van der Waals surface area (Å²) in [6.07, 6.45) is 1.91. The second-order valence-electron chi connectivity index (χ2n) is 3.42. The molecule has 80 valence electrons. The van der Waals surface area contributed by atoms with E-state index in [1.54, 1.807) is 12.1 Å². The van der Waals surface area contributed by atoms with Crippen LogP contribution in [0.15, 0.2) is 30.5 Å². The van der Waals surface area contributed by atoms with Crippen LogP contribution in [-0.2, 0) is 0 Å². The molecule has 0 radical (unpaired) electrons. The maximum absolute atomic E-state index is 6.06. The highest BCUT2D eigenvalue weighted by atomic mass is 35.5. The van der Waals surface area contributed by atoms with Crippen LogP contribution < -0.4 is 0 Å². The van der Waals surface area contributed by atoms with Crippen molar-refractivity contribution in [2.24, 2.45) is 0 Å². The van der Waals surface area contributed by atoms with Gasteiger partial charge in [-0.2, -0.15) is 0 Å². The van der Waals surface area contributed by atoms with Crippen LogP contribution in [0.25, 0.3) is 16.6 Å². The zero-order valence-corrected chi connectivity index (χ0v) is 10.2. The molecule has 0 fully saturated rings. The van der Waals surface area contributed by atoms with Crippen LogP contribution in [-0.4, -0.2) is 9.38 Å². The van der Waals surface area contributed by atoms with Gasteiger partial charge in [0.25, 0.3) is 0 Å². The molecule has 0 saturated carbocycles. The van der Waals surface area contributed by atoms with Gasteiger partial charge < -0.3 is 4.40 Å². The molecule has 1 aromatic carbocycles. The van der Waals surface area contributed by atoms with Gasteiger partial charge in [-0.3, -0.25) is 0 Å². The van der Waals surface area contributed by atoms with Crippen LogP contribution in [0.3, 0.4) is 0 Å². The molecule has 2 aromatic heterocycles. The smallest absolute Gasteiger partial charge is 0.153 e. The maximum Gasteiger partial charge on any atom is 0.153 e. The van der Waals surface area contributed by atoms with Crippen molar-refractivity contribution < 1.29 is 0 Å². The number of halogens is 3. The summed E-state index contributed by atoms with van der Waals surface area (Å²) >= 11 is 18.0. The van der Waals surface area contributed by atoms with Crippen LogP contribution in [0.2, 0.25) is 15.2 Å². The molecule has 3 aromatic rings.